The van der Waals surface area contributed by atoms with E-state index in [9.17, 15) is 0 Å². The van der Waals surface area contributed by atoms with Gasteiger partial charge < -0.3 is 4.74 Å². The van der Waals surface area contributed by atoms with Gasteiger partial charge in [0.15, 0.2) is 0 Å². The molecule has 0 fully saturated rings. The molecule has 2 atom stereocenters. The molecule has 3 aromatic carbocycles. The van der Waals surface area contributed by atoms with Gasteiger partial charge in [-0.15, -0.1) is 0 Å². The smallest absolute Gasteiger partial charge is 0.126 e. The quantitative estimate of drug-likeness (QED) is 0.572. The zero-order valence-corrected chi connectivity index (χ0v) is 17.6. The first-order chi connectivity index (χ1) is 14.2. The van der Waals surface area contributed by atoms with Crippen LogP contribution in [0.15, 0.2) is 82.3 Å². The van der Waals surface area contributed by atoms with Crippen LogP contribution in [-0.4, -0.2) is 12.8 Å². The minimum absolute atomic E-state index is 0.119. The van der Waals surface area contributed by atoms with Gasteiger partial charge in [-0.05, 0) is 53.1 Å². The highest BCUT2D eigenvalue weighted by Crippen LogP contribution is 2.32. The minimum Gasteiger partial charge on any atom is -0.497 e. The van der Waals surface area contributed by atoms with Crippen molar-refractivity contribution in [3.8, 4) is 11.8 Å². The predicted molar refractivity (Wildman–Crippen MR) is 118 cm³/mol. The van der Waals surface area contributed by atoms with E-state index in [1.807, 2.05) is 48.5 Å². The van der Waals surface area contributed by atoms with Crippen molar-refractivity contribution in [1.29, 1.82) is 5.26 Å². The lowest BCUT2D eigenvalue weighted by atomic mass is 9.94. The number of ether oxygens (including phenoxy) is 1. The fourth-order valence-corrected chi connectivity index (χ4v) is 3.91. The number of hydrogen-bond donors (Lipinski definition) is 1. The van der Waals surface area contributed by atoms with Crippen molar-refractivity contribution >= 4 is 21.6 Å². The van der Waals surface area contributed by atoms with E-state index < -0.39 is 0 Å². The van der Waals surface area contributed by atoms with E-state index in [2.05, 4.69) is 51.6 Å². The number of rotatable bonds is 4. The van der Waals surface area contributed by atoms with Crippen molar-refractivity contribution in [3.63, 3.8) is 0 Å². The predicted octanol–water partition coefficient (Wildman–Crippen LogP) is 5.55. The summed E-state index contributed by atoms with van der Waals surface area (Å²) < 4.78 is 6.33. The average Bonchev–Trinajstić information content (AvgIpc) is 2.79. The van der Waals surface area contributed by atoms with Crippen molar-refractivity contribution in [3.05, 3.63) is 99.5 Å². The van der Waals surface area contributed by atoms with Crippen LogP contribution in [0.2, 0.25) is 0 Å². The van der Waals surface area contributed by atoms with Gasteiger partial charge in [-0.3, -0.25) is 10.3 Å². The van der Waals surface area contributed by atoms with Crippen molar-refractivity contribution in [2.75, 3.05) is 7.11 Å². The van der Waals surface area contributed by atoms with Crippen LogP contribution in [0.5, 0.6) is 5.75 Å². The molecule has 2 unspecified atom stereocenters. The summed E-state index contributed by atoms with van der Waals surface area (Å²) in [6.07, 6.45) is 0.604. The van der Waals surface area contributed by atoms with Crippen LogP contribution >= 0.6 is 15.9 Å². The number of benzene rings is 3. The number of nitriles is 1. The van der Waals surface area contributed by atoms with Gasteiger partial charge in [-0.2, -0.15) is 5.26 Å². The molecule has 0 saturated carbocycles. The van der Waals surface area contributed by atoms with Crippen LogP contribution in [0.3, 0.4) is 0 Å². The topological polar surface area (TPSA) is 57.4 Å². The Hall–Kier alpha value is -2.94. The summed E-state index contributed by atoms with van der Waals surface area (Å²) in [5, 5.41) is 12.7. The summed E-state index contributed by atoms with van der Waals surface area (Å²) in [5.74, 6) is 0.842. The van der Waals surface area contributed by atoms with E-state index in [0.29, 0.717) is 5.56 Å². The Balaban J connectivity index is 1.71. The van der Waals surface area contributed by atoms with Gasteiger partial charge >= 0.3 is 0 Å². The highest BCUT2D eigenvalue weighted by atomic mass is 79.9. The number of nitrogens with one attached hydrogen (secondary N) is 1. The molecule has 0 saturated heterocycles. The van der Waals surface area contributed by atoms with Gasteiger partial charge in [0.25, 0.3) is 0 Å². The standard InChI is InChI=1S/C24H20BrN3O/c1-29-21-11-9-17(10-12-21)22-14-23(19-3-2-4-20(25)13-19)28-24(27-22)18-7-5-16(15-26)6-8-18/h2-13,22,24,27H,14H2,1H3. The summed E-state index contributed by atoms with van der Waals surface area (Å²) >= 11 is 3.57. The number of hydrogen-bond acceptors (Lipinski definition) is 4. The second-order valence-electron chi connectivity index (χ2n) is 6.92. The molecule has 0 bridgehead atoms. The van der Waals surface area contributed by atoms with E-state index in [0.717, 1.165) is 33.5 Å². The zero-order valence-electron chi connectivity index (χ0n) is 16.0. The third-order valence-corrected chi connectivity index (χ3v) is 5.57. The third-order valence-electron chi connectivity index (χ3n) is 5.07. The highest BCUT2D eigenvalue weighted by molar-refractivity contribution is 9.10. The van der Waals surface area contributed by atoms with Crippen molar-refractivity contribution < 1.29 is 4.74 Å². The minimum atomic E-state index is -0.183. The Morgan fingerprint density at radius 2 is 1.76 bits per heavy atom. The van der Waals surface area contributed by atoms with Crippen LogP contribution in [0.4, 0.5) is 0 Å². The molecular formula is C24H20BrN3O. The first-order valence-corrected chi connectivity index (χ1v) is 10.2. The van der Waals surface area contributed by atoms with Crippen LogP contribution in [0, 0.1) is 11.3 Å². The fourth-order valence-electron chi connectivity index (χ4n) is 3.51. The van der Waals surface area contributed by atoms with Crippen LogP contribution in [0.25, 0.3) is 0 Å². The number of aliphatic imine (C=N–C) groups is 1. The van der Waals surface area contributed by atoms with Crippen molar-refractivity contribution in [1.82, 2.24) is 5.32 Å². The molecule has 5 heteroatoms. The third kappa shape index (κ3) is 4.40. The molecule has 3 aromatic rings. The van der Waals surface area contributed by atoms with Crippen LogP contribution < -0.4 is 10.1 Å². The van der Waals surface area contributed by atoms with E-state index in [4.69, 9.17) is 15.0 Å². The van der Waals surface area contributed by atoms with Gasteiger partial charge in [0.1, 0.15) is 11.9 Å². The Morgan fingerprint density at radius 3 is 2.41 bits per heavy atom. The highest BCUT2D eigenvalue weighted by Gasteiger charge is 2.26. The molecule has 0 amide bonds. The number of nitrogens with zero attached hydrogens (tertiary/aromatic N) is 2. The Bertz CT molecular complexity index is 1070. The van der Waals surface area contributed by atoms with E-state index in [1.165, 1.54) is 5.56 Å². The van der Waals surface area contributed by atoms with Gasteiger partial charge in [0.2, 0.25) is 0 Å². The monoisotopic (exact) mass is 445 g/mol. The Morgan fingerprint density at radius 1 is 1.03 bits per heavy atom. The van der Waals surface area contributed by atoms with Gasteiger partial charge in [0.05, 0.1) is 18.7 Å². The first kappa shape index (κ1) is 19.4. The normalized spacial score (nSPS) is 18.6. The second-order valence-corrected chi connectivity index (χ2v) is 7.83. The summed E-state index contributed by atoms with van der Waals surface area (Å²) in [6.45, 7) is 0. The summed E-state index contributed by atoms with van der Waals surface area (Å²) in [4.78, 5) is 5.01. The van der Waals surface area contributed by atoms with Gasteiger partial charge in [0, 0.05) is 22.6 Å². The SMILES string of the molecule is COc1ccc(C2CC(c3cccc(Br)c3)=NC(c3ccc(C#N)cc3)N2)cc1. The lowest BCUT2D eigenvalue weighted by Gasteiger charge is -2.30. The molecule has 0 aromatic heterocycles. The molecule has 0 radical (unpaired) electrons. The Labute approximate surface area is 179 Å². The Kier molecular flexibility index (Phi) is 5.75. The summed E-state index contributed by atoms with van der Waals surface area (Å²) in [5.41, 5.74) is 5.03. The maximum atomic E-state index is 9.08. The molecule has 1 heterocycles. The number of methoxy groups -OCH3 is 1. The van der Waals surface area contributed by atoms with E-state index in [1.54, 1.807) is 7.11 Å². The van der Waals surface area contributed by atoms with Gasteiger partial charge in [-0.25, -0.2) is 0 Å². The van der Waals surface area contributed by atoms with Crippen LogP contribution in [0.1, 0.15) is 40.9 Å². The molecule has 1 N–H and O–H groups in total. The average molecular weight is 446 g/mol. The zero-order chi connectivity index (χ0) is 20.2. The molecule has 4 nitrogen and oxygen atoms in total. The molecule has 0 spiro atoms. The molecule has 29 heavy (non-hydrogen) atoms. The van der Waals surface area contributed by atoms with Crippen molar-refractivity contribution in [2.24, 2.45) is 4.99 Å². The maximum absolute atomic E-state index is 9.08. The second kappa shape index (κ2) is 8.60. The molecule has 4 rings (SSSR count). The maximum Gasteiger partial charge on any atom is 0.126 e. The summed E-state index contributed by atoms with van der Waals surface area (Å²) in [7, 11) is 1.67. The lowest BCUT2D eigenvalue weighted by molar-refractivity contribution is 0.413. The fraction of sp³-hybridized carbons (Fsp3) is 0.167. The van der Waals surface area contributed by atoms with E-state index in [-0.39, 0.29) is 12.2 Å². The molecule has 0 aliphatic carbocycles. The largest absolute Gasteiger partial charge is 0.497 e. The van der Waals surface area contributed by atoms with Crippen molar-refractivity contribution in [2.45, 2.75) is 18.6 Å². The first-order valence-electron chi connectivity index (χ1n) is 9.39. The molecule has 1 aliphatic heterocycles. The van der Waals surface area contributed by atoms with Gasteiger partial charge in [-0.1, -0.05) is 52.3 Å². The molecule has 144 valence electrons. The number of halogens is 1. The van der Waals surface area contributed by atoms with Crippen LogP contribution in [-0.2, 0) is 0 Å². The summed E-state index contributed by atoms with van der Waals surface area (Å²) in [6, 6.07) is 26.3. The molecular weight excluding hydrogens is 426 g/mol. The molecule has 1 aliphatic rings. The van der Waals surface area contributed by atoms with E-state index >= 15 is 0 Å². The lowest BCUT2D eigenvalue weighted by Crippen LogP contribution is -2.33.